The van der Waals surface area contributed by atoms with Crippen LogP contribution in [0.25, 0.3) is 0 Å². The monoisotopic (exact) mass is 329 g/mol. The minimum Gasteiger partial charge on any atom is -0.383 e. The van der Waals surface area contributed by atoms with E-state index in [0.717, 1.165) is 5.01 Å². The first-order chi connectivity index (χ1) is 8.63. The van der Waals surface area contributed by atoms with Crippen molar-refractivity contribution in [1.82, 2.24) is 14.8 Å². The highest BCUT2D eigenvalue weighted by Crippen LogP contribution is 2.20. The Morgan fingerprint density at radius 2 is 2.39 bits per heavy atom. The fourth-order valence-corrected chi connectivity index (χ4v) is 2.59. The smallest absolute Gasteiger partial charge is 0.231 e. The van der Waals surface area contributed by atoms with E-state index in [0.29, 0.717) is 29.0 Å². The summed E-state index contributed by atoms with van der Waals surface area (Å²) < 4.78 is 7.30. The highest BCUT2D eigenvalue weighted by molar-refractivity contribution is 9.10. The van der Waals surface area contributed by atoms with Crippen molar-refractivity contribution in [2.24, 2.45) is 0 Å². The van der Waals surface area contributed by atoms with Gasteiger partial charge in [0.25, 0.3) is 0 Å². The molecule has 0 amide bonds. The van der Waals surface area contributed by atoms with Gasteiger partial charge in [-0.15, -0.1) is 11.3 Å². The predicted octanol–water partition coefficient (Wildman–Crippen LogP) is 2.29. The number of ketones is 1. The highest BCUT2D eigenvalue weighted by atomic mass is 79.9. The van der Waals surface area contributed by atoms with Crippen molar-refractivity contribution in [3.8, 4) is 0 Å². The number of carbonyl (C=O) groups is 1. The molecule has 0 saturated carbocycles. The molecule has 0 saturated heterocycles. The molecule has 2 heterocycles. The number of thiazole rings is 1. The molecule has 18 heavy (non-hydrogen) atoms. The number of aromatic nitrogens is 3. The summed E-state index contributed by atoms with van der Waals surface area (Å²) >= 11 is 4.80. The van der Waals surface area contributed by atoms with Gasteiger partial charge in [0.1, 0.15) is 11.4 Å². The lowest BCUT2D eigenvalue weighted by Crippen LogP contribution is -2.15. The lowest BCUT2D eigenvalue weighted by molar-refractivity contribution is 0.102. The van der Waals surface area contributed by atoms with Gasteiger partial charge in [-0.05, 0) is 22.9 Å². The third kappa shape index (κ3) is 2.68. The van der Waals surface area contributed by atoms with Crippen LogP contribution in [0.1, 0.15) is 21.2 Å². The fraction of sp³-hybridized carbons (Fsp3) is 0.364. The summed E-state index contributed by atoms with van der Waals surface area (Å²) in [6.07, 6.45) is 1.61. The predicted molar refractivity (Wildman–Crippen MR) is 72.1 cm³/mol. The Kier molecular flexibility index (Phi) is 4.26. The van der Waals surface area contributed by atoms with Gasteiger partial charge in [0.2, 0.25) is 5.78 Å². The Balaban J connectivity index is 2.32. The Labute approximate surface area is 117 Å². The molecule has 96 valence electrons. The van der Waals surface area contributed by atoms with Gasteiger partial charge >= 0.3 is 0 Å². The van der Waals surface area contributed by atoms with Crippen molar-refractivity contribution in [2.45, 2.75) is 13.5 Å². The van der Waals surface area contributed by atoms with E-state index in [9.17, 15) is 4.79 Å². The highest BCUT2D eigenvalue weighted by Gasteiger charge is 2.20. The van der Waals surface area contributed by atoms with Crippen LogP contribution >= 0.6 is 27.3 Å². The quantitative estimate of drug-likeness (QED) is 0.790. The molecule has 2 aromatic heterocycles. The van der Waals surface area contributed by atoms with Crippen molar-refractivity contribution in [2.75, 3.05) is 13.7 Å². The maximum absolute atomic E-state index is 12.3. The van der Waals surface area contributed by atoms with E-state index in [1.165, 1.54) is 11.3 Å². The Hall–Kier alpha value is -1.05. The van der Waals surface area contributed by atoms with Crippen LogP contribution in [0, 0.1) is 6.92 Å². The number of carbonyl (C=O) groups excluding carboxylic acids is 1. The summed E-state index contributed by atoms with van der Waals surface area (Å²) in [6.45, 7) is 2.91. The van der Waals surface area contributed by atoms with Crippen LogP contribution in [-0.4, -0.2) is 34.3 Å². The summed E-state index contributed by atoms with van der Waals surface area (Å²) in [4.78, 5) is 16.5. The number of ether oxygens (including phenoxy) is 1. The SMILES string of the molecule is COCCn1ncc(Br)c1C(=O)c1csc(C)n1. The van der Waals surface area contributed by atoms with Crippen LogP contribution in [-0.2, 0) is 11.3 Å². The molecule has 0 N–H and O–H groups in total. The van der Waals surface area contributed by atoms with E-state index in [1.54, 1.807) is 23.4 Å². The fourth-order valence-electron chi connectivity index (χ4n) is 1.52. The third-order valence-corrected chi connectivity index (χ3v) is 3.72. The summed E-state index contributed by atoms with van der Waals surface area (Å²) in [6, 6.07) is 0. The summed E-state index contributed by atoms with van der Waals surface area (Å²) in [5.74, 6) is -0.125. The van der Waals surface area contributed by atoms with Gasteiger partial charge in [-0.2, -0.15) is 5.10 Å². The summed E-state index contributed by atoms with van der Waals surface area (Å²) in [5.41, 5.74) is 0.967. The zero-order valence-corrected chi connectivity index (χ0v) is 12.4. The maximum atomic E-state index is 12.3. The first-order valence-electron chi connectivity index (χ1n) is 5.30. The topological polar surface area (TPSA) is 57.0 Å². The minimum absolute atomic E-state index is 0.125. The van der Waals surface area contributed by atoms with Crippen molar-refractivity contribution in [3.05, 3.63) is 32.4 Å². The second kappa shape index (κ2) is 5.73. The Morgan fingerprint density at radius 1 is 1.61 bits per heavy atom. The van der Waals surface area contributed by atoms with E-state index in [4.69, 9.17) is 4.74 Å². The molecular formula is C11H12BrN3O2S. The average Bonchev–Trinajstić information content (AvgIpc) is 2.92. The molecule has 0 bridgehead atoms. The van der Waals surface area contributed by atoms with Crippen LogP contribution in [0.4, 0.5) is 0 Å². The molecule has 0 radical (unpaired) electrons. The summed E-state index contributed by atoms with van der Waals surface area (Å²) in [7, 11) is 1.61. The molecule has 0 aliphatic carbocycles. The normalized spacial score (nSPS) is 10.8. The second-order valence-electron chi connectivity index (χ2n) is 3.64. The van der Waals surface area contributed by atoms with Gasteiger partial charge in [-0.25, -0.2) is 4.98 Å². The van der Waals surface area contributed by atoms with Gasteiger partial charge in [0.15, 0.2) is 0 Å². The lowest BCUT2D eigenvalue weighted by atomic mass is 10.2. The van der Waals surface area contributed by atoms with Crippen molar-refractivity contribution < 1.29 is 9.53 Å². The van der Waals surface area contributed by atoms with Crippen LogP contribution in [0.5, 0.6) is 0 Å². The molecule has 0 aromatic carbocycles. The van der Waals surface area contributed by atoms with Crippen LogP contribution < -0.4 is 0 Å². The molecule has 0 aliphatic heterocycles. The number of rotatable bonds is 5. The maximum Gasteiger partial charge on any atom is 0.231 e. The third-order valence-electron chi connectivity index (χ3n) is 2.37. The van der Waals surface area contributed by atoms with Crippen molar-refractivity contribution >= 4 is 33.0 Å². The number of methoxy groups -OCH3 is 1. The molecular weight excluding hydrogens is 318 g/mol. The van der Waals surface area contributed by atoms with Crippen LogP contribution in [0.15, 0.2) is 16.0 Å². The number of hydrogen-bond acceptors (Lipinski definition) is 5. The number of hydrogen-bond donors (Lipinski definition) is 0. The molecule has 0 fully saturated rings. The van der Waals surface area contributed by atoms with Gasteiger partial charge in [-0.1, -0.05) is 0 Å². The van der Waals surface area contributed by atoms with E-state index in [2.05, 4.69) is 26.0 Å². The van der Waals surface area contributed by atoms with Gasteiger partial charge in [0.05, 0.1) is 28.8 Å². The number of halogens is 1. The standard InChI is InChI=1S/C11H12BrN3O2S/c1-7-14-9(6-18-7)11(16)10-8(12)5-13-15(10)3-4-17-2/h5-6H,3-4H2,1-2H3. The van der Waals surface area contributed by atoms with E-state index >= 15 is 0 Å². The van der Waals surface area contributed by atoms with Gasteiger partial charge in [0, 0.05) is 12.5 Å². The van der Waals surface area contributed by atoms with Crippen molar-refractivity contribution in [3.63, 3.8) is 0 Å². The number of aryl methyl sites for hydroxylation is 1. The van der Waals surface area contributed by atoms with E-state index in [-0.39, 0.29) is 5.78 Å². The second-order valence-corrected chi connectivity index (χ2v) is 5.55. The molecule has 7 heteroatoms. The first kappa shape index (κ1) is 13.4. The first-order valence-corrected chi connectivity index (χ1v) is 6.98. The van der Waals surface area contributed by atoms with Crippen LogP contribution in [0.3, 0.4) is 0 Å². The molecule has 5 nitrogen and oxygen atoms in total. The molecule has 0 spiro atoms. The zero-order chi connectivity index (χ0) is 13.1. The average molecular weight is 330 g/mol. The molecule has 2 aromatic rings. The van der Waals surface area contributed by atoms with Crippen LogP contribution in [0.2, 0.25) is 0 Å². The zero-order valence-electron chi connectivity index (χ0n) is 10.0. The Bertz CT molecular complexity index is 564. The van der Waals surface area contributed by atoms with E-state index in [1.807, 2.05) is 6.92 Å². The summed E-state index contributed by atoms with van der Waals surface area (Å²) in [5, 5.41) is 6.79. The Morgan fingerprint density at radius 3 is 3.00 bits per heavy atom. The van der Waals surface area contributed by atoms with Gasteiger partial charge < -0.3 is 4.74 Å². The van der Waals surface area contributed by atoms with Gasteiger partial charge in [-0.3, -0.25) is 9.48 Å². The molecule has 0 atom stereocenters. The number of nitrogens with zero attached hydrogens (tertiary/aromatic N) is 3. The largest absolute Gasteiger partial charge is 0.383 e. The molecule has 0 unspecified atom stereocenters. The molecule has 2 rings (SSSR count). The molecule has 0 aliphatic rings. The van der Waals surface area contributed by atoms with Crippen molar-refractivity contribution in [1.29, 1.82) is 0 Å². The minimum atomic E-state index is -0.125. The van der Waals surface area contributed by atoms with E-state index < -0.39 is 0 Å². The lowest BCUT2D eigenvalue weighted by Gasteiger charge is -2.05.